The van der Waals surface area contributed by atoms with Crippen LogP contribution in [0.4, 0.5) is 4.79 Å². The van der Waals surface area contributed by atoms with Gasteiger partial charge < -0.3 is 16.0 Å². The summed E-state index contributed by atoms with van der Waals surface area (Å²) < 4.78 is 0. The van der Waals surface area contributed by atoms with Crippen LogP contribution in [0.15, 0.2) is 54.6 Å². The fraction of sp³-hybridized carbons (Fsp3) is 0.333. The van der Waals surface area contributed by atoms with E-state index in [-0.39, 0.29) is 11.9 Å². The average Bonchev–Trinajstić information content (AvgIpc) is 3.49. The smallest absolute Gasteiger partial charge is 0.315 e. The Morgan fingerprint density at radius 2 is 1.46 bits per heavy atom. The number of carbonyl (C=O) groups excluding carboxylic acids is 2. The summed E-state index contributed by atoms with van der Waals surface area (Å²) in [5, 5.41) is 8.70. The molecule has 0 unspecified atom stereocenters. The summed E-state index contributed by atoms with van der Waals surface area (Å²) in [5.41, 5.74) is 3.03. The van der Waals surface area contributed by atoms with E-state index < -0.39 is 0 Å². The van der Waals surface area contributed by atoms with Gasteiger partial charge in [-0.2, -0.15) is 0 Å². The first-order valence-electron chi connectivity index (χ1n) is 9.09. The Labute approximate surface area is 154 Å². The van der Waals surface area contributed by atoms with Gasteiger partial charge in [-0.3, -0.25) is 4.79 Å². The van der Waals surface area contributed by atoms with Gasteiger partial charge in [0, 0.05) is 19.6 Å². The zero-order valence-electron chi connectivity index (χ0n) is 14.8. The molecule has 0 aromatic heterocycles. The van der Waals surface area contributed by atoms with Gasteiger partial charge in [0.25, 0.3) is 0 Å². The molecule has 5 heteroatoms. The molecule has 2 aromatic carbocycles. The lowest BCUT2D eigenvalue weighted by molar-refractivity contribution is -0.120. The minimum Gasteiger partial charge on any atom is -0.352 e. The van der Waals surface area contributed by atoms with E-state index in [1.165, 1.54) is 12.8 Å². The van der Waals surface area contributed by atoms with E-state index in [0.717, 1.165) is 23.2 Å². The largest absolute Gasteiger partial charge is 0.352 e. The molecule has 2 aromatic rings. The molecule has 3 rings (SSSR count). The summed E-state index contributed by atoms with van der Waals surface area (Å²) >= 11 is 0. The summed E-state index contributed by atoms with van der Waals surface area (Å²) in [6, 6.07) is 17.4. The molecule has 3 N–H and O–H groups in total. The fourth-order valence-electron chi connectivity index (χ4n) is 2.70. The maximum Gasteiger partial charge on any atom is 0.315 e. The van der Waals surface area contributed by atoms with Crippen molar-refractivity contribution in [3.8, 4) is 0 Å². The van der Waals surface area contributed by atoms with Crippen molar-refractivity contribution < 1.29 is 9.59 Å². The second-order valence-electron chi connectivity index (χ2n) is 6.77. The summed E-state index contributed by atoms with van der Waals surface area (Å²) in [5.74, 6) is 0.669. The predicted octanol–water partition coefficient (Wildman–Crippen LogP) is 2.75. The molecule has 1 aliphatic carbocycles. The topological polar surface area (TPSA) is 70.2 Å². The number of carbonyl (C=O) groups is 2. The molecular formula is C21H25N3O2. The van der Waals surface area contributed by atoms with Crippen molar-refractivity contribution in [1.29, 1.82) is 0 Å². The van der Waals surface area contributed by atoms with Crippen molar-refractivity contribution >= 4 is 11.9 Å². The highest BCUT2D eigenvalue weighted by molar-refractivity contribution is 5.78. The lowest BCUT2D eigenvalue weighted by Gasteiger charge is -2.09. The van der Waals surface area contributed by atoms with E-state index in [1.807, 2.05) is 54.6 Å². The maximum atomic E-state index is 12.0. The van der Waals surface area contributed by atoms with Gasteiger partial charge >= 0.3 is 6.03 Å². The van der Waals surface area contributed by atoms with E-state index in [9.17, 15) is 9.59 Å². The molecule has 0 bridgehead atoms. The van der Waals surface area contributed by atoms with Crippen LogP contribution in [0.3, 0.4) is 0 Å². The molecule has 3 amide bonds. The quantitative estimate of drug-likeness (QED) is 0.684. The first kappa shape index (κ1) is 18.0. The van der Waals surface area contributed by atoms with E-state index >= 15 is 0 Å². The van der Waals surface area contributed by atoms with Gasteiger partial charge in [0.15, 0.2) is 0 Å². The van der Waals surface area contributed by atoms with E-state index in [2.05, 4.69) is 16.0 Å². The van der Waals surface area contributed by atoms with Crippen molar-refractivity contribution in [2.24, 2.45) is 5.92 Å². The summed E-state index contributed by atoms with van der Waals surface area (Å²) in [6.45, 7) is 1.72. The second-order valence-corrected chi connectivity index (χ2v) is 6.77. The number of amides is 3. The molecule has 0 radical (unpaired) electrons. The monoisotopic (exact) mass is 351 g/mol. The fourth-order valence-corrected chi connectivity index (χ4v) is 2.70. The maximum absolute atomic E-state index is 12.0. The first-order chi connectivity index (χ1) is 12.7. The van der Waals surface area contributed by atoms with Gasteiger partial charge in [0.2, 0.25) is 5.91 Å². The molecular weight excluding hydrogens is 326 g/mol. The molecule has 26 heavy (non-hydrogen) atoms. The van der Waals surface area contributed by atoms with E-state index in [1.54, 1.807) is 0 Å². The van der Waals surface area contributed by atoms with Gasteiger partial charge in [-0.05, 0) is 35.4 Å². The van der Waals surface area contributed by atoms with E-state index in [4.69, 9.17) is 0 Å². The number of urea groups is 1. The van der Waals surface area contributed by atoms with E-state index in [0.29, 0.717) is 25.4 Å². The van der Waals surface area contributed by atoms with Crippen LogP contribution in [-0.2, 0) is 24.3 Å². The highest BCUT2D eigenvalue weighted by Crippen LogP contribution is 2.27. The predicted molar refractivity (Wildman–Crippen MR) is 101 cm³/mol. The standard InChI is InChI=1S/C21H25N3O2/c25-20(12-16-5-2-1-3-6-16)22-14-18-7-4-8-19(11-18)15-24-21(26)23-13-17-9-10-17/h1-8,11,17H,9-10,12-15H2,(H,22,25)(H2,23,24,26). The van der Waals surface area contributed by atoms with Crippen LogP contribution in [0.5, 0.6) is 0 Å². The van der Waals surface area contributed by atoms with Crippen LogP contribution >= 0.6 is 0 Å². The van der Waals surface area contributed by atoms with Crippen LogP contribution in [0, 0.1) is 5.92 Å². The Bertz CT molecular complexity index is 742. The van der Waals surface area contributed by atoms with Crippen LogP contribution in [0.2, 0.25) is 0 Å². The Balaban J connectivity index is 1.41. The van der Waals surface area contributed by atoms with Crippen molar-refractivity contribution in [3.63, 3.8) is 0 Å². The molecule has 0 atom stereocenters. The molecule has 0 saturated heterocycles. The molecule has 1 fully saturated rings. The minimum absolute atomic E-state index is 0.000758. The Kier molecular flexibility index (Phi) is 6.25. The SMILES string of the molecule is O=C(Cc1ccccc1)NCc1cccc(CNC(=O)NCC2CC2)c1. The van der Waals surface area contributed by atoms with Crippen LogP contribution in [0.1, 0.15) is 29.5 Å². The third-order valence-corrected chi connectivity index (χ3v) is 4.39. The number of hydrogen-bond acceptors (Lipinski definition) is 2. The highest BCUT2D eigenvalue weighted by atomic mass is 16.2. The van der Waals surface area contributed by atoms with Gasteiger partial charge in [-0.15, -0.1) is 0 Å². The van der Waals surface area contributed by atoms with Gasteiger partial charge in [0.1, 0.15) is 0 Å². The Hall–Kier alpha value is -2.82. The molecule has 0 heterocycles. The number of benzene rings is 2. The summed E-state index contributed by atoms with van der Waals surface area (Å²) in [7, 11) is 0. The number of nitrogens with one attached hydrogen (secondary N) is 3. The van der Waals surface area contributed by atoms with Gasteiger partial charge in [0.05, 0.1) is 6.42 Å². The molecule has 5 nitrogen and oxygen atoms in total. The third-order valence-electron chi connectivity index (χ3n) is 4.39. The third kappa shape index (κ3) is 6.24. The molecule has 136 valence electrons. The van der Waals surface area contributed by atoms with Crippen molar-refractivity contribution in [3.05, 3.63) is 71.3 Å². The number of rotatable bonds is 8. The molecule has 1 aliphatic rings. The lowest BCUT2D eigenvalue weighted by atomic mass is 10.1. The summed E-state index contributed by atoms with van der Waals surface area (Å²) in [6.07, 6.45) is 2.82. The van der Waals surface area contributed by atoms with Crippen molar-refractivity contribution in [2.45, 2.75) is 32.4 Å². The lowest BCUT2D eigenvalue weighted by Crippen LogP contribution is -2.36. The first-order valence-corrected chi connectivity index (χ1v) is 9.09. The second kappa shape index (κ2) is 9.04. The van der Waals surface area contributed by atoms with Gasteiger partial charge in [-0.1, -0.05) is 54.6 Å². The minimum atomic E-state index is -0.126. The van der Waals surface area contributed by atoms with Crippen LogP contribution in [0.25, 0.3) is 0 Å². The number of hydrogen-bond donors (Lipinski definition) is 3. The zero-order chi connectivity index (χ0) is 18.2. The van der Waals surface area contributed by atoms with Crippen LogP contribution < -0.4 is 16.0 Å². The van der Waals surface area contributed by atoms with Crippen LogP contribution in [-0.4, -0.2) is 18.5 Å². The summed E-state index contributed by atoms with van der Waals surface area (Å²) in [4.78, 5) is 23.8. The molecule has 0 aliphatic heterocycles. The Morgan fingerprint density at radius 1 is 0.808 bits per heavy atom. The highest BCUT2D eigenvalue weighted by Gasteiger charge is 2.21. The van der Waals surface area contributed by atoms with Crippen molar-refractivity contribution in [1.82, 2.24) is 16.0 Å². The molecule has 1 saturated carbocycles. The normalized spacial score (nSPS) is 13.1. The van der Waals surface area contributed by atoms with Crippen molar-refractivity contribution in [2.75, 3.05) is 6.54 Å². The Morgan fingerprint density at radius 3 is 2.15 bits per heavy atom. The molecule has 0 spiro atoms. The van der Waals surface area contributed by atoms with Gasteiger partial charge in [-0.25, -0.2) is 4.79 Å². The average molecular weight is 351 g/mol. The zero-order valence-corrected chi connectivity index (χ0v) is 14.8.